The van der Waals surface area contributed by atoms with Crippen molar-refractivity contribution < 1.29 is 5.11 Å². The summed E-state index contributed by atoms with van der Waals surface area (Å²) in [5, 5.41) is 9.83. The van der Waals surface area contributed by atoms with Gasteiger partial charge in [-0.25, -0.2) is 4.98 Å². The van der Waals surface area contributed by atoms with Crippen molar-refractivity contribution in [3.8, 4) is 17.1 Å². The number of imidazole rings is 1. The van der Waals surface area contributed by atoms with Crippen molar-refractivity contribution in [2.75, 3.05) is 0 Å². The Morgan fingerprint density at radius 2 is 1.60 bits per heavy atom. The van der Waals surface area contributed by atoms with E-state index >= 15 is 0 Å². The normalized spacial score (nSPS) is 11.2. The topological polar surface area (TPSA) is 50.4 Å². The summed E-state index contributed by atoms with van der Waals surface area (Å²) in [7, 11) is 0. The average Bonchev–Trinajstić information content (AvgIpc) is 2.85. The Labute approximate surface area is 115 Å². The molecule has 20 heavy (non-hydrogen) atoms. The Morgan fingerprint density at radius 3 is 2.45 bits per heavy atom. The van der Waals surface area contributed by atoms with Crippen molar-refractivity contribution >= 4 is 16.8 Å². The van der Waals surface area contributed by atoms with Gasteiger partial charge in [0.2, 0.25) is 11.7 Å². The summed E-state index contributed by atoms with van der Waals surface area (Å²) in [5.74, 6) is 0.483. The second kappa shape index (κ2) is 4.06. The van der Waals surface area contributed by atoms with E-state index in [1.54, 1.807) is 6.07 Å². The van der Waals surface area contributed by atoms with Gasteiger partial charge in [-0.05, 0) is 17.7 Å². The summed E-state index contributed by atoms with van der Waals surface area (Å²) >= 11 is 0. The van der Waals surface area contributed by atoms with Crippen molar-refractivity contribution in [3.05, 3.63) is 60.7 Å². The lowest BCUT2D eigenvalue weighted by atomic mass is 10.1. The van der Waals surface area contributed by atoms with E-state index in [1.165, 1.54) is 0 Å². The van der Waals surface area contributed by atoms with E-state index in [2.05, 4.69) is 9.97 Å². The predicted molar refractivity (Wildman–Crippen MR) is 77.6 cm³/mol. The quantitative estimate of drug-likeness (QED) is 0.572. The number of aromatic hydroxyl groups is 1. The molecule has 2 heterocycles. The lowest BCUT2D eigenvalue weighted by Gasteiger charge is -2.06. The minimum atomic E-state index is -0.0216. The molecule has 2 aromatic heterocycles. The van der Waals surface area contributed by atoms with Gasteiger partial charge in [-0.3, -0.25) is 4.40 Å². The van der Waals surface area contributed by atoms with Gasteiger partial charge < -0.3 is 5.11 Å². The van der Waals surface area contributed by atoms with E-state index in [4.69, 9.17) is 0 Å². The van der Waals surface area contributed by atoms with Crippen LogP contribution in [0.5, 0.6) is 5.88 Å². The zero-order chi connectivity index (χ0) is 13.5. The summed E-state index contributed by atoms with van der Waals surface area (Å²) in [6, 6.07) is 19.4. The Balaban J connectivity index is 2.19. The van der Waals surface area contributed by atoms with Crippen LogP contribution in [0, 0.1) is 0 Å². The first-order chi connectivity index (χ1) is 9.83. The molecule has 0 saturated carbocycles. The summed E-state index contributed by atoms with van der Waals surface area (Å²) in [6.45, 7) is 0. The van der Waals surface area contributed by atoms with Gasteiger partial charge in [0.15, 0.2) is 0 Å². The lowest BCUT2D eigenvalue weighted by molar-refractivity contribution is 0.454. The smallest absolute Gasteiger partial charge is 0.238 e. The highest BCUT2D eigenvalue weighted by atomic mass is 16.3. The van der Waals surface area contributed by atoms with Crippen LogP contribution in [0.25, 0.3) is 28.1 Å². The molecular weight excluding hydrogens is 250 g/mol. The molecule has 4 heteroatoms. The molecular formula is C16H11N3O. The number of rotatable bonds is 1. The maximum Gasteiger partial charge on any atom is 0.238 e. The summed E-state index contributed by atoms with van der Waals surface area (Å²) < 4.78 is 1.96. The van der Waals surface area contributed by atoms with Crippen molar-refractivity contribution in [1.82, 2.24) is 14.4 Å². The molecule has 0 unspecified atom stereocenters. The van der Waals surface area contributed by atoms with Crippen LogP contribution in [0.1, 0.15) is 0 Å². The van der Waals surface area contributed by atoms with Crippen LogP contribution in [0.2, 0.25) is 0 Å². The summed E-state index contributed by atoms with van der Waals surface area (Å²) in [6.07, 6.45) is 0. The SMILES string of the molecule is Oc1cc(-c2ccccc2)n2c(n1)nc1ccccc12. The molecule has 2 aromatic carbocycles. The number of hydrogen-bond acceptors (Lipinski definition) is 3. The molecule has 4 rings (SSSR count). The highest BCUT2D eigenvalue weighted by Gasteiger charge is 2.12. The van der Waals surface area contributed by atoms with Crippen molar-refractivity contribution in [2.45, 2.75) is 0 Å². The molecule has 4 nitrogen and oxygen atoms in total. The third-order valence-corrected chi connectivity index (χ3v) is 3.33. The number of hydrogen-bond donors (Lipinski definition) is 1. The maximum absolute atomic E-state index is 9.83. The van der Waals surface area contributed by atoms with Gasteiger partial charge in [0.1, 0.15) is 0 Å². The van der Waals surface area contributed by atoms with E-state index in [0.29, 0.717) is 5.78 Å². The molecule has 1 N–H and O–H groups in total. The zero-order valence-corrected chi connectivity index (χ0v) is 10.6. The highest BCUT2D eigenvalue weighted by Crippen LogP contribution is 2.27. The van der Waals surface area contributed by atoms with Crippen molar-refractivity contribution in [3.63, 3.8) is 0 Å². The van der Waals surface area contributed by atoms with Crippen LogP contribution in [0.3, 0.4) is 0 Å². The minimum absolute atomic E-state index is 0.0216. The van der Waals surface area contributed by atoms with E-state index < -0.39 is 0 Å². The number of benzene rings is 2. The van der Waals surface area contributed by atoms with E-state index in [-0.39, 0.29) is 5.88 Å². The van der Waals surface area contributed by atoms with Crippen LogP contribution < -0.4 is 0 Å². The minimum Gasteiger partial charge on any atom is -0.493 e. The van der Waals surface area contributed by atoms with Crippen LogP contribution in [-0.4, -0.2) is 19.5 Å². The monoisotopic (exact) mass is 261 g/mol. The van der Waals surface area contributed by atoms with Crippen LogP contribution in [-0.2, 0) is 0 Å². The maximum atomic E-state index is 9.83. The fourth-order valence-electron chi connectivity index (χ4n) is 2.47. The molecule has 4 aromatic rings. The number of nitrogens with zero attached hydrogens (tertiary/aromatic N) is 3. The Morgan fingerprint density at radius 1 is 0.850 bits per heavy atom. The number of para-hydroxylation sites is 2. The number of aromatic nitrogens is 3. The third-order valence-electron chi connectivity index (χ3n) is 3.33. The Hall–Kier alpha value is -2.88. The van der Waals surface area contributed by atoms with Gasteiger partial charge in [0.05, 0.1) is 16.7 Å². The summed E-state index contributed by atoms with van der Waals surface area (Å²) in [4.78, 5) is 8.56. The molecule has 0 aliphatic rings. The van der Waals surface area contributed by atoms with Gasteiger partial charge in [-0.1, -0.05) is 42.5 Å². The Kier molecular flexibility index (Phi) is 2.23. The first kappa shape index (κ1) is 11.0. The third kappa shape index (κ3) is 1.55. The lowest BCUT2D eigenvalue weighted by Crippen LogP contribution is -1.94. The van der Waals surface area contributed by atoms with E-state index in [1.807, 2.05) is 59.0 Å². The molecule has 0 amide bonds. The molecule has 0 aliphatic heterocycles. The molecule has 0 saturated heterocycles. The molecule has 0 spiro atoms. The molecule has 0 bridgehead atoms. The molecule has 0 aliphatic carbocycles. The molecule has 0 radical (unpaired) electrons. The van der Waals surface area contributed by atoms with Gasteiger partial charge in [-0.2, -0.15) is 4.98 Å². The first-order valence-electron chi connectivity index (χ1n) is 6.35. The van der Waals surface area contributed by atoms with Gasteiger partial charge in [0, 0.05) is 6.07 Å². The molecule has 96 valence electrons. The standard InChI is InChI=1S/C16H11N3O/c20-15-10-14(11-6-2-1-3-7-11)19-13-9-5-4-8-12(13)17-16(19)18-15/h1-10H,(H,17,18,20). The van der Waals surface area contributed by atoms with Crippen LogP contribution >= 0.6 is 0 Å². The summed E-state index contributed by atoms with van der Waals surface area (Å²) in [5.41, 5.74) is 3.73. The largest absolute Gasteiger partial charge is 0.493 e. The highest BCUT2D eigenvalue weighted by molar-refractivity contribution is 5.82. The average molecular weight is 261 g/mol. The number of fused-ring (bicyclic) bond motifs is 3. The molecule has 0 fully saturated rings. The van der Waals surface area contributed by atoms with E-state index in [0.717, 1.165) is 22.3 Å². The Bertz CT molecular complexity index is 913. The first-order valence-corrected chi connectivity index (χ1v) is 6.35. The fourth-order valence-corrected chi connectivity index (χ4v) is 2.47. The predicted octanol–water partition coefficient (Wildman–Crippen LogP) is 3.26. The van der Waals surface area contributed by atoms with Crippen molar-refractivity contribution in [2.24, 2.45) is 0 Å². The second-order valence-electron chi connectivity index (χ2n) is 4.60. The zero-order valence-electron chi connectivity index (χ0n) is 10.6. The van der Waals surface area contributed by atoms with E-state index in [9.17, 15) is 5.11 Å². The van der Waals surface area contributed by atoms with Crippen LogP contribution in [0.4, 0.5) is 0 Å². The fraction of sp³-hybridized carbons (Fsp3) is 0. The second-order valence-corrected chi connectivity index (χ2v) is 4.60. The van der Waals surface area contributed by atoms with Crippen molar-refractivity contribution in [1.29, 1.82) is 0 Å². The van der Waals surface area contributed by atoms with Crippen LogP contribution in [0.15, 0.2) is 60.7 Å². The van der Waals surface area contributed by atoms with Gasteiger partial charge in [0.25, 0.3) is 0 Å². The van der Waals surface area contributed by atoms with Gasteiger partial charge >= 0.3 is 0 Å². The van der Waals surface area contributed by atoms with Gasteiger partial charge in [-0.15, -0.1) is 0 Å². The molecule has 0 atom stereocenters.